The van der Waals surface area contributed by atoms with Gasteiger partial charge in [-0.3, -0.25) is 4.90 Å². The highest BCUT2D eigenvalue weighted by atomic mass is 16.5. The Bertz CT molecular complexity index is 717. The Hall–Kier alpha value is -1.92. The number of para-hydroxylation sites is 1. The zero-order valence-corrected chi connectivity index (χ0v) is 16.5. The van der Waals surface area contributed by atoms with Gasteiger partial charge in [-0.1, -0.05) is 44.1 Å². The molecule has 26 heavy (non-hydrogen) atoms. The summed E-state index contributed by atoms with van der Waals surface area (Å²) in [4.78, 5) is 9.26. The lowest BCUT2D eigenvalue weighted by molar-refractivity contribution is 0.122. The minimum atomic E-state index is -0.108. The fourth-order valence-corrected chi connectivity index (χ4v) is 3.06. The van der Waals surface area contributed by atoms with Gasteiger partial charge in [0.15, 0.2) is 5.82 Å². The molecule has 1 unspecified atom stereocenters. The van der Waals surface area contributed by atoms with Crippen LogP contribution < -0.4 is 4.90 Å². The average molecular weight is 358 g/mol. The van der Waals surface area contributed by atoms with E-state index in [1.807, 2.05) is 0 Å². The van der Waals surface area contributed by atoms with Gasteiger partial charge in [-0.25, -0.2) is 0 Å². The van der Waals surface area contributed by atoms with Gasteiger partial charge in [0, 0.05) is 30.7 Å². The van der Waals surface area contributed by atoms with Gasteiger partial charge in [0.25, 0.3) is 0 Å². The number of anilines is 1. The van der Waals surface area contributed by atoms with E-state index in [0.29, 0.717) is 5.89 Å². The molecule has 6 heteroatoms. The molecule has 1 aliphatic rings. The third-order valence-corrected chi connectivity index (χ3v) is 4.89. The van der Waals surface area contributed by atoms with Crippen LogP contribution in [-0.2, 0) is 16.7 Å². The normalized spacial score (nSPS) is 16.9. The van der Waals surface area contributed by atoms with Crippen molar-refractivity contribution in [3.8, 4) is 0 Å². The van der Waals surface area contributed by atoms with Crippen LogP contribution in [-0.4, -0.2) is 48.4 Å². The first kappa shape index (κ1) is 18.9. The molecule has 1 aromatic carbocycles. The number of nitrogens with zero attached hydrogens (tertiary/aromatic N) is 4. The fourth-order valence-electron chi connectivity index (χ4n) is 3.06. The second-order valence-corrected chi connectivity index (χ2v) is 8.03. The van der Waals surface area contributed by atoms with E-state index in [-0.39, 0.29) is 11.5 Å². The van der Waals surface area contributed by atoms with Crippen LogP contribution in [0.3, 0.4) is 0 Å². The van der Waals surface area contributed by atoms with E-state index in [2.05, 4.69) is 78.9 Å². The summed E-state index contributed by atoms with van der Waals surface area (Å²) in [5, 5.41) is 4.15. The van der Waals surface area contributed by atoms with Crippen LogP contribution in [0.1, 0.15) is 51.0 Å². The zero-order valence-electron chi connectivity index (χ0n) is 16.5. The van der Waals surface area contributed by atoms with Crippen molar-refractivity contribution >= 4 is 5.69 Å². The van der Waals surface area contributed by atoms with E-state index in [9.17, 15) is 0 Å². The highest BCUT2D eigenvalue weighted by molar-refractivity contribution is 5.53. The minimum Gasteiger partial charge on any atom is -0.378 e. The van der Waals surface area contributed by atoms with Crippen LogP contribution in [0.15, 0.2) is 28.8 Å². The van der Waals surface area contributed by atoms with Crippen molar-refractivity contribution in [2.45, 2.75) is 45.7 Å². The number of ether oxygens (including phenoxy) is 1. The van der Waals surface area contributed by atoms with Crippen LogP contribution in [0.4, 0.5) is 5.69 Å². The first-order chi connectivity index (χ1) is 12.4. The van der Waals surface area contributed by atoms with Crippen LogP contribution in [0.5, 0.6) is 0 Å². The van der Waals surface area contributed by atoms with Gasteiger partial charge in [0.2, 0.25) is 5.89 Å². The number of hydrogen-bond acceptors (Lipinski definition) is 6. The molecular formula is C20H30N4O2. The standard InChI is InChI=1S/C20H30N4O2/c1-15(18-21-19(22-26-18)20(2,3)4)23(5)14-16-8-6-7-9-17(16)24-10-12-25-13-11-24/h6-9,15H,10-14H2,1-5H3. The van der Waals surface area contributed by atoms with Crippen molar-refractivity contribution in [3.63, 3.8) is 0 Å². The predicted molar refractivity (Wildman–Crippen MR) is 102 cm³/mol. The summed E-state index contributed by atoms with van der Waals surface area (Å²) in [6, 6.07) is 8.65. The number of rotatable bonds is 5. The Balaban J connectivity index is 1.73. The fraction of sp³-hybridized carbons (Fsp3) is 0.600. The van der Waals surface area contributed by atoms with Crippen molar-refractivity contribution in [2.24, 2.45) is 0 Å². The SMILES string of the molecule is CC(c1nc(C(C)(C)C)no1)N(C)Cc1ccccc1N1CCOCC1. The lowest BCUT2D eigenvalue weighted by Crippen LogP contribution is -2.37. The Morgan fingerprint density at radius 2 is 1.88 bits per heavy atom. The summed E-state index contributed by atoms with van der Waals surface area (Å²) in [5.41, 5.74) is 2.48. The first-order valence-corrected chi connectivity index (χ1v) is 9.31. The molecule has 1 aliphatic heterocycles. The van der Waals surface area contributed by atoms with Crippen LogP contribution >= 0.6 is 0 Å². The summed E-state index contributed by atoms with van der Waals surface area (Å²) >= 11 is 0. The van der Waals surface area contributed by atoms with E-state index in [0.717, 1.165) is 38.7 Å². The van der Waals surface area contributed by atoms with E-state index in [4.69, 9.17) is 9.26 Å². The summed E-state index contributed by atoms with van der Waals surface area (Å²) in [5.74, 6) is 1.42. The van der Waals surface area contributed by atoms with Crippen molar-refractivity contribution in [3.05, 3.63) is 41.5 Å². The molecule has 2 heterocycles. The van der Waals surface area contributed by atoms with Gasteiger partial charge >= 0.3 is 0 Å². The molecule has 0 aliphatic carbocycles. The Morgan fingerprint density at radius 1 is 1.19 bits per heavy atom. The molecule has 1 aromatic heterocycles. The molecule has 6 nitrogen and oxygen atoms in total. The molecule has 0 spiro atoms. The Morgan fingerprint density at radius 3 is 2.54 bits per heavy atom. The van der Waals surface area contributed by atoms with Crippen molar-refractivity contribution in [1.29, 1.82) is 0 Å². The lowest BCUT2D eigenvalue weighted by atomic mass is 9.96. The van der Waals surface area contributed by atoms with E-state index in [1.54, 1.807) is 0 Å². The van der Waals surface area contributed by atoms with Crippen LogP contribution in [0.25, 0.3) is 0 Å². The molecule has 0 N–H and O–H groups in total. The third-order valence-electron chi connectivity index (χ3n) is 4.89. The maximum absolute atomic E-state index is 5.53. The Kier molecular flexibility index (Phi) is 5.63. The molecule has 1 atom stereocenters. The number of morpholine rings is 1. The number of aromatic nitrogens is 2. The molecule has 3 rings (SSSR count). The lowest BCUT2D eigenvalue weighted by Gasteiger charge is -2.32. The van der Waals surface area contributed by atoms with Crippen LogP contribution in [0.2, 0.25) is 0 Å². The van der Waals surface area contributed by atoms with E-state index < -0.39 is 0 Å². The smallest absolute Gasteiger partial charge is 0.243 e. The van der Waals surface area contributed by atoms with Crippen molar-refractivity contribution in [1.82, 2.24) is 15.0 Å². The zero-order chi connectivity index (χ0) is 18.7. The molecule has 142 valence electrons. The molecule has 0 radical (unpaired) electrons. The van der Waals surface area contributed by atoms with Gasteiger partial charge in [-0.2, -0.15) is 4.98 Å². The minimum absolute atomic E-state index is 0.0522. The second-order valence-electron chi connectivity index (χ2n) is 8.03. The second kappa shape index (κ2) is 7.76. The topological polar surface area (TPSA) is 54.6 Å². The maximum Gasteiger partial charge on any atom is 0.243 e. The first-order valence-electron chi connectivity index (χ1n) is 9.31. The highest BCUT2D eigenvalue weighted by Gasteiger charge is 2.25. The Labute approximate surface area is 156 Å². The molecule has 0 amide bonds. The van der Waals surface area contributed by atoms with Gasteiger partial charge in [-0.15, -0.1) is 0 Å². The molecule has 0 saturated carbocycles. The number of benzene rings is 1. The molecular weight excluding hydrogens is 328 g/mol. The average Bonchev–Trinajstić information content (AvgIpc) is 3.13. The van der Waals surface area contributed by atoms with Gasteiger partial charge in [0.1, 0.15) is 0 Å². The van der Waals surface area contributed by atoms with Crippen LogP contribution in [0, 0.1) is 0 Å². The highest BCUT2D eigenvalue weighted by Crippen LogP contribution is 2.27. The molecule has 1 saturated heterocycles. The van der Waals surface area contributed by atoms with E-state index >= 15 is 0 Å². The van der Waals surface area contributed by atoms with E-state index in [1.165, 1.54) is 11.3 Å². The largest absolute Gasteiger partial charge is 0.378 e. The van der Waals surface area contributed by atoms with Gasteiger partial charge < -0.3 is 14.2 Å². The number of hydrogen-bond donors (Lipinski definition) is 0. The molecule has 0 bridgehead atoms. The van der Waals surface area contributed by atoms with Gasteiger partial charge in [0.05, 0.1) is 19.3 Å². The van der Waals surface area contributed by atoms with Crippen molar-refractivity contribution < 1.29 is 9.26 Å². The summed E-state index contributed by atoms with van der Waals surface area (Å²) in [6.07, 6.45) is 0. The predicted octanol–water partition coefficient (Wildman–Crippen LogP) is 3.40. The van der Waals surface area contributed by atoms with Gasteiger partial charge in [-0.05, 0) is 25.6 Å². The quantitative estimate of drug-likeness (QED) is 0.816. The molecule has 1 fully saturated rings. The maximum atomic E-state index is 5.53. The third kappa shape index (κ3) is 4.24. The summed E-state index contributed by atoms with van der Waals surface area (Å²) in [7, 11) is 2.10. The summed E-state index contributed by atoms with van der Waals surface area (Å²) < 4.78 is 11.0. The monoisotopic (exact) mass is 358 g/mol. The summed E-state index contributed by atoms with van der Waals surface area (Å²) in [6.45, 7) is 12.7. The molecule has 2 aromatic rings. The van der Waals surface area contributed by atoms with Crippen molar-refractivity contribution in [2.75, 3.05) is 38.3 Å².